The molecule has 8 heteroatoms. The molecule has 0 saturated carbocycles. The Bertz CT molecular complexity index is 597. The quantitative estimate of drug-likeness (QED) is 0.852. The van der Waals surface area contributed by atoms with E-state index in [-0.39, 0.29) is 17.7 Å². The largest absolute Gasteiger partial charge is 0.478 e. The minimum atomic E-state index is -4.70. The van der Waals surface area contributed by atoms with Gasteiger partial charge in [-0.25, -0.2) is 9.18 Å². The van der Waals surface area contributed by atoms with Gasteiger partial charge in [-0.2, -0.15) is 13.2 Å². The van der Waals surface area contributed by atoms with Crippen LogP contribution in [0.1, 0.15) is 24.5 Å². The van der Waals surface area contributed by atoms with E-state index in [2.05, 4.69) is 5.16 Å². The van der Waals surface area contributed by atoms with Gasteiger partial charge in [0.15, 0.2) is 0 Å². The second kappa shape index (κ2) is 4.46. The zero-order chi connectivity index (χ0) is 15.1. The summed E-state index contributed by atoms with van der Waals surface area (Å²) in [5.41, 5.74) is -3.01. The van der Waals surface area contributed by atoms with Gasteiger partial charge in [-0.1, -0.05) is 5.16 Å². The van der Waals surface area contributed by atoms with Gasteiger partial charge in [0.1, 0.15) is 5.82 Å². The van der Waals surface area contributed by atoms with Crippen LogP contribution in [0.2, 0.25) is 0 Å². The lowest BCUT2D eigenvalue weighted by atomic mass is 9.95. The van der Waals surface area contributed by atoms with Gasteiger partial charge < -0.3 is 9.94 Å². The highest BCUT2D eigenvalue weighted by molar-refractivity contribution is 6.04. The van der Waals surface area contributed by atoms with Crippen LogP contribution in [0.4, 0.5) is 17.6 Å². The number of aliphatic carboxylic acids is 1. The summed E-state index contributed by atoms with van der Waals surface area (Å²) >= 11 is 0. The lowest BCUT2D eigenvalue weighted by molar-refractivity contribution is -0.160. The molecule has 0 fully saturated rings. The fraction of sp³-hybridized carbons (Fsp3) is 0.333. The van der Waals surface area contributed by atoms with Crippen molar-refractivity contribution in [1.29, 1.82) is 0 Å². The van der Waals surface area contributed by atoms with Gasteiger partial charge in [0.2, 0.25) is 5.60 Å². The molecule has 1 heterocycles. The number of carbonyl (C=O) groups is 1. The Morgan fingerprint density at radius 1 is 1.40 bits per heavy atom. The van der Waals surface area contributed by atoms with Gasteiger partial charge in [-0.15, -0.1) is 0 Å². The predicted molar refractivity (Wildman–Crippen MR) is 59.7 cm³/mol. The number of alkyl halides is 3. The molecular weight excluding hydrogens is 282 g/mol. The maximum Gasteiger partial charge on any atom is 0.416 e. The van der Waals surface area contributed by atoms with Crippen LogP contribution in [0, 0.1) is 5.82 Å². The van der Waals surface area contributed by atoms with E-state index >= 15 is 0 Å². The summed E-state index contributed by atoms with van der Waals surface area (Å²) in [7, 11) is 0. The van der Waals surface area contributed by atoms with Crippen molar-refractivity contribution in [2.45, 2.75) is 25.1 Å². The summed E-state index contributed by atoms with van der Waals surface area (Å²) in [6.45, 7) is 1.23. The number of nitrogens with zero attached hydrogens (tertiary/aromatic N) is 1. The first-order chi connectivity index (χ1) is 9.12. The Labute approximate surface area is 110 Å². The molecule has 1 aromatic carbocycles. The Morgan fingerprint density at radius 3 is 2.55 bits per heavy atom. The molecule has 1 aromatic rings. The zero-order valence-corrected chi connectivity index (χ0v) is 10.2. The van der Waals surface area contributed by atoms with Crippen molar-refractivity contribution in [3.05, 3.63) is 35.1 Å². The topological polar surface area (TPSA) is 58.9 Å². The third-order valence-corrected chi connectivity index (χ3v) is 2.87. The van der Waals surface area contributed by atoms with Crippen LogP contribution in [-0.4, -0.2) is 22.4 Å². The second-order valence-electron chi connectivity index (χ2n) is 4.57. The Morgan fingerprint density at radius 2 is 2.05 bits per heavy atom. The maximum atomic E-state index is 13.3. The van der Waals surface area contributed by atoms with Gasteiger partial charge in [0.25, 0.3) is 0 Å². The molecule has 20 heavy (non-hydrogen) atoms. The van der Waals surface area contributed by atoms with E-state index in [1.807, 2.05) is 0 Å². The van der Waals surface area contributed by atoms with Gasteiger partial charge in [0.05, 0.1) is 11.3 Å². The highest BCUT2D eigenvalue weighted by Crippen LogP contribution is 2.32. The number of carboxylic acids is 1. The highest BCUT2D eigenvalue weighted by Gasteiger charge is 2.43. The number of benzene rings is 1. The predicted octanol–water partition coefficient (Wildman–Crippen LogP) is 2.81. The lowest BCUT2D eigenvalue weighted by Crippen LogP contribution is -2.35. The number of oxime groups is 1. The van der Waals surface area contributed by atoms with Crippen LogP contribution in [0.3, 0.4) is 0 Å². The van der Waals surface area contributed by atoms with E-state index in [9.17, 15) is 22.4 Å². The van der Waals surface area contributed by atoms with Gasteiger partial charge >= 0.3 is 12.1 Å². The number of halogens is 4. The summed E-state index contributed by atoms with van der Waals surface area (Å²) in [6.07, 6.45) is -4.95. The summed E-state index contributed by atoms with van der Waals surface area (Å²) in [5.74, 6) is -2.38. The first kappa shape index (κ1) is 14.3. The summed E-state index contributed by atoms with van der Waals surface area (Å²) in [5, 5.41) is 12.4. The van der Waals surface area contributed by atoms with Gasteiger partial charge in [0, 0.05) is 12.0 Å². The Balaban J connectivity index is 2.36. The molecule has 108 valence electrons. The maximum absolute atomic E-state index is 13.3. The fourth-order valence-corrected chi connectivity index (χ4v) is 1.73. The Hall–Kier alpha value is -2.12. The monoisotopic (exact) mass is 291 g/mol. The zero-order valence-electron chi connectivity index (χ0n) is 10.2. The van der Waals surface area contributed by atoms with E-state index in [4.69, 9.17) is 9.94 Å². The van der Waals surface area contributed by atoms with Crippen LogP contribution in [-0.2, 0) is 15.8 Å². The van der Waals surface area contributed by atoms with E-state index in [0.29, 0.717) is 12.1 Å². The first-order valence-electron chi connectivity index (χ1n) is 5.48. The third kappa shape index (κ3) is 2.59. The average molecular weight is 291 g/mol. The fourth-order valence-electron chi connectivity index (χ4n) is 1.73. The normalized spacial score (nSPS) is 22.4. The third-order valence-electron chi connectivity index (χ3n) is 2.87. The standard InChI is InChI=1S/C12H9F4NO3/c1-11(10(18)19)5-9(17-20-11)6-2-7(12(14,15)16)4-8(13)3-6/h2-4H,5H2,1H3,(H,18,19). The molecule has 0 amide bonds. The molecule has 0 aromatic heterocycles. The van der Waals surface area contributed by atoms with Crippen LogP contribution in [0.15, 0.2) is 23.4 Å². The summed E-state index contributed by atoms with van der Waals surface area (Å²) in [4.78, 5) is 15.7. The Kier molecular flexibility index (Phi) is 3.19. The molecule has 2 rings (SSSR count). The minimum Gasteiger partial charge on any atom is -0.478 e. The van der Waals surface area contributed by atoms with E-state index in [0.717, 1.165) is 6.07 Å². The molecule has 1 atom stereocenters. The van der Waals surface area contributed by atoms with Crippen LogP contribution >= 0.6 is 0 Å². The lowest BCUT2D eigenvalue weighted by Gasteiger charge is -2.14. The van der Waals surface area contributed by atoms with Crippen molar-refractivity contribution < 1.29 is 32.3 Å². The summed E-state index contributed by atoms with van der Waals surface area (Å²) < 4.78 is 51.0. The second-order valence-corrected chi connectivity index (χ2v) is 4.57. The van der Waals surface area contributed by atoms with Gasteiger partial charge in [-0.05, 0) is 25.1 Å². The number of carboxylic acid groups (broad SMARTS) is 1. The molecule has 1 aliphatic rings. The number of hydrogen-bond donors (Lipinski definition) is 1. The van der Waals surface area contributed by atoms with E-state index in [1.54, 1.807) is 0 Å². The number of rotatable bonds is 2. The van der Waals surface area contributed by atoms with Crippen molar-refractivity contribution >= 4 is 11.7 Å². The molecule has 0 radical (unpaired) electrons. The van der Waals surface area contributed by atoms with Crippen LogP contribution in [0.25, 0.3) is 0 Å². The van der Waals surface area contributed by atoms with Crippen LogP contribution < -0.4 is 0 Å². The van der Waals surface area contributed by atoms with Gasteiger partial charge in [-0.3, -0.25) is 0 Å². The smallest absolute Gasteiger partial charge is 0.416 e. The first-order valence-corrected chi connectivity index (χ1v) is 5.48. The molecule has 0 saturated heterocycles. The SMILES string of the molecule is CC1(C(=O)O)CC(c2cc(F)cc(C(F)(F)F)c2)=NO1. The molecule has 0 aliphatic carbocycles. The minimum absolute atomic E-state index is 0.0418. The van der Waals surface area contributed by atoms with E-state index in [1.165, 1.54) is 6.92 Å². The van der Waals surface area contributed by atoms with Crippen molar-refractivity contribution in [1.82, 2.24) is 0 Å². The molecule has 1 N–H and O–H groups in total. The molecule has 4 nitrogen and oxygen atoms in total. The molecule has 1 unspecified atom stereocenters. The van der Waals surface area contributed by atoms with Crippen molar-refractivity contribution in [2.75, 3.05) is 0 Å². The van der Waals surface area contributed by atoms with Crippen molar-refractivity contribution in [3.63, 3.8) is 0 Å². The summed E-state index contributed by atoms with van der Waals surface area (Å²) in [6, 6.07) is 1.92. The average Bonchev–Trinajstić information content (AvgIpc) is 2.71. The van der Waals surface area contributed by atoms with E-state index < -0.39 is 29.1 Å². The van der Waals surface area contributed by atoms with Crippen molar-refractivity contribution in [2.24, 2.45) is 5.16 Å². The molecule has 0 bridgehead atoms. The number of hydrogen-bond acceptors (Lipinski definition) is 3. The highest BCUT2D eigenvalue weighted by atomic mass is 19.4. The molecular formula is C12H9F4NO3. The molecule has 0 spiro atoms. The molecule has 1 aliphatic heterocycles. The van der Waals surface area contributed by atoms with Crippen LogP contribution in [0.5, 0.6) is 0 Å². The van der Waals surface area contributed by atoms with Crippen molar-refractivity contribution in [3.8, 4) is 0 Å².